The van der Waals surface area contributed by atoms with E-state index in [-0.39, 0.29) is 11.8 Å². The fourth-order valence-electron chi connectivity index (χ4n) is 2.87. The smallest absolute Gasteiger partial charge is 0.255 e. The Hall–Kier alpha value is -2.54. The van der Waals surface area contributed by atoms with E-state index in [0.29, 0.717) is 23.0 Å². The maximum absolute atomic E-state index is 13.0. The Morgan fingerprint density at radius 3 is 2.67 bits per heavy atom. The summed E-state index contributed by atoms with van der Waals surface area (Å²) >= 11 is 1.59. The minimum atomic E-state index is -0.486. The molecule has 2 amide bonds. The molecule has 2 aromatic rings. The third kappa shape index (κ3) is 4.24. The number of anilines is 2. The molecule has 0 radical (unpaired) electrons. The van der Waals surface area contributed by atoms with Gasteiger partial charge >= 0.3 is 0 Å². The average molecular weight is 385 g/mol. The lowest BCUT2D eigenvalue weighted by Gasteiger charge is -2.23. The van der Waals surface area contributed by atoms with E-state index in [0.717, 1.165) is 11.3 Å². The summed E-state index contributed by atoms with van der Waals surface area (Å²) in [6, 6.07) is 8.78. The van der Waals surface area contributed by atoms with Crippen LogP contribution < -0.4 is 10.2 Å². The van der Waals surface area contributed by atoms with Crippen LogP contribution >= 0.6 is 11.8 Å². The third-order valence-corrected chi connectivity index (χ3v) is 5.68. The monoisotopic (exact) mass is 384 g/mol. The van der Waals surface area contributed by atoms with Gasteiger partial charge in [0.2, 0.25) is 5.91 Å². The summed E-state index contributed by atoms with van der Waals surface area (Å²) in [6.45, 7) is 4.05. The van der Waals surface area contributed by atoms with Crippen LogP contribution in [0.25, 0.3) is 0 Å². The summed E-state index contributed by atoms with van der Waals surface area (Å²) in [6.07, 6.45) is 1.62. The van der Waals surface area contributed by atoms with Gasteiger partial charge in [0.05, 0.1) is 5.88 Å². The topological polar surface area (TPSA) is 65.5 Å². The van der Waals surface area contributed by atoms with Crippen molar-refractivity contribution < 1.29 is 9.59 Å². The maximum atomic E-state index is 13.0. The number of nitrogens with one attached hydrogen (secondary N) is 1. The zero-order valence-electron chi connectivity index (χ0n) is 16.0. The Labute approximate surface area is 164 Å². The summed E-state index contributed by atoms with van der Waals surface area (Å²) in [5.74, 6) is 1.50. The molecular formula is C20H24N4O2S. The highest BCUT2D eigenvalue weighted by atomic mass is 32.2. The van der Waals surface area contributed by atoms with E-state index in [2.05, 4.69) is 10.3 Å². The summed E-state index contributed by atoms with van der Waals surface area (Å²) < 4.78 is 0. The fraction of sp³-hybridized carbons (Fsp3) is 0.350. The number of thioether (sulfide) groups is 1. The third-order valence-electron chi connectivity index (χ3n) is 4.67. The first kappa shape index (κ1) is 19.2. The van der Waals surface area contributed by atoms with Crippen LogP contribution in [0.4, 0.5) is 11.5 Å². The Kier molecular flexibility index (Phi) is 5.70. The highest BCUT2D eigenvalue weighted by Crippen LogP contribution is 2.25. The molecule has 0 bridgehead atoms. The lowest BCUT2D eigenvalue weighted by molar-refractivity contribution is -0.119. The number of nitrogens with zero attached hydrogens (tertiary/aromatic N) is 3. The molecule has 1 N–H and O–H groups in total. The van der Waals surface area contributed by atoms with E-state index >= 15 is 0 Å². The first-order valence-corrected chi connectivity index (χ1v) is 9.92. The molecule has 0 saturated carbocycles. The van der Waals surface area contributed by atoms with Crippen LogP contribution in [-0.2, 0) is 4.79 Å². The van der Waals surface area contributed by atoms with Crippen LogP contribution in [-0.4, -0.2) is 53.5 Å². The second-order valence-corrected chi connectivity index (χ2v) is 7.88. The standard InChI is InChI=1S/C20H24N4O2S/c1-13-5-6-16(9-14(13)2)22-19(25)17-11-27-12-24(17)20(26)15-7-8-21-18(10-15)23(3)4/h5-10,17H,11-12H2,1-4H3,(H,22,25)/t17-/m0/s1. The molecule has 1 aliphatic heterocycles. The normalized spacial score (nSPS) is 16.3. The van der Waals surface area contributed by atoms with Crippen molar-refractivity contribution in [1.82, 2.24) is 9.88 Å². The number of carbonyl (C=O) groups is 2. The quantitative estimate of drug-likeness (QED) is 0.878. The molecule has 27 heavy (non-hydrogen) atoms. The van der Waals surface area contributed by atoms with Crippen molar-refractivity contribution in [2.75, 3.05) is 35.9 Å². The van der Waals surface area contributed by atoms with E-state index in [1.807, 2.05) is 51.0 Å². The predicted octanol–water partition coefficient (Wildman–Crippen LogP) is 2.92. The number of rotatable bonds is 4. The van der Waals surface area contributed by atoms with Gasteiger partial charge in [0, 0.05) is 37.3 Å². The van der Waals surface area contributed by atoms with Gasteiger partial charge < -0.3 is 15.1 Å². The Balaban J connectivity index is 1.76. The molecule has 3 rings (SSSR count). The molecule has 142 valence electrons. The second kappa shape index (κ2) is 8.00. The molecule has 1 aliphatic rings. The highest BCUT2D eigenvalue weighted by molar-refractivity contribution is 7.99. The highest BCUT2D eigenvalue weighted by Gasteiger charge is 2.35. The number of hydrogen-bond donors (Lipinski definition) is 1. The van der Waals surface area contributed by atoms with Crippen LogP contribution in [0.2, 0.25) is 0 Å². The molecule has 0 unspecified atom stereocenters. The maximum Gasteiger partial charge on any atom is 0.255 e. The lowest BCUT2D eigenvalue weighted by atomic mass is 10.1. The molecule has 0 aliphatic carbocycles. The van der Waals surface area contributed by atoms with Gasteiger partial charge in [-0.2, -0.15) is 0 Å². The van der Waals surface area contributed by atoms with Crippen molar-refractivity contribution in [1.29, 1.82) is 0 Å². The van der Waals surface area contributed by atoms with Gasteiger partial charge in [-0.1, -0.05) is 6.07 Å². The number of aryl methyl sites for hydroxylation is 2. The molecular weight excluding hydrogens is 360 g/mol. The van der Waals surface area contributed by atoms with E-state index in [4.69, 9.17) is 0 Å². The van der Waals surface area contributed by atoms with Crippen LogP contribution in [0.5, 0.6) is 0 Å². The molecule has 1 saturated heterocycles. The van der Waals surface area contributed by atoms with Gasteiger partial charge in [0.1, 0.15) is 11.9 Å². The summed E-state index contributed by atoms with van der Waals surface area (Å²) in [4.78, 5) is 33.5. The molecule has 1 fully saturated rings. The van der Waals surface area contributed by atoms with E-state index in [9.17, 15) is 9.59 Å². The Bertz CT molecular complexity index is 869. The van der Waals surface area contributed by atoms with Gasteiger partial charge in [-0.15, -0.1) is 11.8 Å². The number of benzene rings is 1. The van der Waals surface area contributed by atoms with Gasteiger partial charge in [-0.05, 0) is 49.2 Å². The minimum absolute atomic E-state index is 0.147. The first-order valence-electron chi connectivity index (χ1n) is 8.77. The van der Waals surface area contributed by atoms with E-state index in [1.54, 1.807) is 35.0 Å². The number of amides is 2. The van der Waals surface area contributed by atoms with Crippen molar-refractivity contribution in [2.45, 2.75) is 19.9 Å². The Morgan fingerprint density at radius 2 is 1.96 bits per heavy atom. The fourth-order valence-corrected chi connectivity index (χ4v) is 4.02. The molecule has 2 heterocycles. The number of pyridine rings is 1. The Morgan fingerprint density at radius 1 is 1.19 bits per heavy atom. The van der Waals surface area contributed by atoms with E-state index in [1.165, 1.54) is 5.56 Å². The molecule has 0 spiro atoms. The number of carbonyl (C=O) groups excluding carboxylic acids is 2. The van der Waals surface area contributed by atoms with Gasteiger partial charge in [0.25, 0.3) is 5.91 Å². The van der Waals surface area contributed by atoms with Crippen LogP contribution in [0.1, 0.15) is 21.5 Å². The van der Waals surface area contributed by atoms with Crippen molar-refractivity contribution in [2.24, 2.45) is 0 Å². The molecule has 6 nitrogen and oxygen atoms in total. The van der Waals surface area contributed by atoms with Crippen LogP contribution in [0, 0.1) is 13.8 Å². The number of hydrogen-bond acceptors (Lipinski definition) is 5. The number of aromatic nitrogens is 1. The predicted molar refractivity (Wildman–Crippen MR) is 110 cm³/mol. The summed E-state index contributed by atoms with van der Waals surface area (Å²) in [7, 11) is 3.75. The van der Waals surface area contributed by atoms with Crippen molar-refractivity contribution in [3.8, 4) is 0 Å². The van der Waals surface area contributed by atoms with Gasteiger partial charge in [-0.25, -0.2) is 4.98 Å². The summed E-state index contributed by atoms with van der Waals surface area (Å²) in [5, 5.41) is 2.95. The molecule has 1 atom stereocenters. The molecule has 1 aromatic carbocycles. The summed E-state index contributed by atoms with van der Waals surface area (Å²) in [5.41, 5.74) is 3.59. The zero-order valence-corrected chi connectivity index (χ0v) is 16.8. The SMILES string of the molecule is Cc1ccc(NC(=O)[C@@H]2CSCN2C(=O)c2ccnc(N(C)C)c2)cc1C. The molecule has 1 aromatic heterocycles. The van der Waals surface area contributed by atoms with Crippen molar-refractivity contribution in [3.63, 3.8) is 0 Å². The van der Waals surface area contributed by atoms with Gasteiger partial charge in [-0.3, -0.25) is 9.59 Å². The second-order valence-electron chi connectivity index (χ2n) is 6.88. The van der Waals surface area contributed by atoms with Crippen molar-refractivity contribution >= 4 is 35.1 Å². The van der Waals surface area contributed by atoms with E-state index < -0.39 is 6.04 Å². The van der Waals surface area contributed by atoms with Crippen LogP contribution in [0.3, 0.4) is 0 Å². The van der Waals surface area contributed by atoms with Crippen molar-refractivity contribution in [3.05, 3.63) is 53.2 Å². The lowest BCUT2D eigenvalue weighted by Crippen LogP contribution is -2.44. The van der Waals surface area contributed by atoms with Gasteiger partial charge in [0.15, 0.2) is 0 Å². The molecule has 7 heteroatoms. The minimum Gasteiger partial charge on any atom is -0.363 e. The zero-order chi connectivity index (χ0) is 19.6. The largest absolute Gasteiger partial charge is 0.363 e. The first-order chi connectivity index (χ1) is 12.9. The van der Waals surface area contributed by atoms with Crippen LogP contribution in [0.15, 0.2) is 36.5 Å². The average Bonchev–Trinajstić information content (AvgIpc) is 3.14.